The lowest BCUT2D eigenvalue weighted by atomic mass is 10.0. The van der Waals surface area contributed by atoms with Gasteiger partial charge in [-0.1, -0.05) is 36.4 Å². The number of carbonyl (C=O) groups excluding carboxylic acids is 2. The van der Waals surface area contributed by atoms with Crippen molar-refractivity contribution < 1.29 is 14.3 Å². The van der Waals surface area contributed by atoms with Crippen LogP contribution in [0.25, 0.3) is 10.8 Å². The average molecular weight is 353 g/mol. The highest BCUT2D eigenvalue weighted by Gasteiger charge is 2.12. The van der Waals surface area contributed by atoms with E-state index in [1.54, 1.807) is 13.2 Å². The minimum absolute atomic E-state index is 0.00731. The van der Waals surface area contributed by atoms with Crippen LogP contribution in [0.2, 0.25) is 0 Å². The van der Waals surface area contributed by atoms with E-state index in [0.29, 0.717) is 11.4 Å². The Morgan fingerprint density at radius 3 is 2.64 bits per heavy atom. The average Bonchev–Trinajstić information content (AvgIpc) is 3.18. The maximum Gasteiger partial charge on any atom is 0.220 e. The first kappa shape index (κ1) is 17.2. The Labute approximate surface area is 150 Å². The largest absolute Gasteiger partial charge is 0.496 e. The molecular formula is C20H19NO3S. The van der Waals surface area contributed by atoms with Gasteiger partial charge in [-0.05, 0) is 28.3 Å². The highest BCUT2D eigenvalue weighted by Crippen LogP contribution is 2.27. The number of rotatable bonds is 7. The summed E-state index contributed by atoms with van der Waals surface area (Å²) in [5.41, 5.74) is 0.943. The fourth-order valence-electron chi connectivity index (χ4n) is 2.75. The molecule has 0 saturated carbocycles. The Morgan fingerprint density at radius 1 is 1.04 bits per heavy atom. The van der Waals surface area contributed by atoms with Crippen molar-refractivity contribution in [2.24, 2.45) is 0 Å². The molecule has 4 nitrogen and oxygen atoms in total. The molecule has 25 heavy (non-hydrogen) atoms. The summed E-state index contributed by atoms with van der Waals surface area (Å²) in [5.74, 6) is 0.612. The third-order valence-electron chi connectivity index (χ3n) is 4.05. The molecule has 0 unspecified atom stereocenters. The van der Waals surface area contributed by atoms with Gasteiger partial charge in [0.1, 0.15) is 5.75 Å². The number of Topliss-reactive ketones (excluding diaryl/α,β-unsaturated/α-hetero) is 1. The fourth-order valence-corrected chi connectivity index (χ4v) is 3.45. The zero-order valence-corrected chi connectivity index (χ0v) is 14.8. The lowest BCUT2D eigenvalue weighted by Crippen LogP contribution is -2.23. The number of carbonyl (C=O) groups is 2. The van der Waals surface area contributed by atoms with Gasteiger partial charge in [0.05, 0.1) is 12.0 Å². The normalized spacial score (nSPS) is 10.6. The van der Waals surface area contributed by atoms with Crippen molar-refractivity contribution in [3.05, 3.63) is 64.4 Å². The smallest absolute Gasteiger partial charge is 0.220 e. The van der Waals surface area contributed by atoms with Crippen LogP contribution in [0, 0.1) is 0 Å². The summed E-state index contributed by atoms with van der Waals surface area (Å²) in [6, 6.07) is 15.5. The van der Waals surface area contributed by atoms with E-state index in [4.69, 9.17) is 4.74 Å². The molecule has 0 spiro atoms. The Morgan fingerprint density at radius 2 is 1.88 bits per heavy atom. The summed E-state index contributed by atoms with van der Waals surface area (Å²) in [5, 5.41) is 6.91. The zero-order valence-electron chi connectivity index (χ0n) is 14.0. The van der Waals surface area contributed by atoms with E-state index in [9.17, 15) is 9.59 Å². The molecule has 0 radical (unpaired) electrons. The zero-order chi connectivity index (χ0) is 17.6. The van der Waals surface area contributed by atoms with Crippen LogP contribution >= 0.6 is 11.3 Å². The van der Waals surface area contributed by atoms with E-state index in [-0.39, 0.29) is 24.5 Å². The van der Waals surface area contributed by atoms with Gasteiger partial charge in [0.25, 0.3) is 0 Å². The number of ketones is 1. The molecule has 3 aromatic rings. The Bertz CT molecular complexity index is 887. The molecule has 0 aliphatic heterocycles. The molecule has 0 aliphatic rings. The third-order valence-corrected chi connectivity index (χ3v) is 4.97. The molecule has 5 heteroatoms. The molecule has 1 aromatic heterocycles. The van der Waals surface area contributed by atoms with Crippen LogP contribution in [0.1, 0.15) is 28.1 Å². The molecule has 1 N–H and O–H groups in total. The van der Waals surface area contributed by atoms with Gasteiger partial charge in [0, 0.05) is 24.9 Å². The molecule has 1 amide bonds. The van der Waals surface area contributed by atoms with E-state index < -0.39 is 0 Å². The number of hydrogen-bond donors (Lipinski definition) is 1. The highest BCUT2D eigenvalue weighted by molar-refractivity contribution is 7.12. The topological polar surface area (TPSA) is 55.4 Å². The highest BCUT2D eigenvalue weighted by atomic mass is 32.1. The number of amides is 1. The second-order valence-corrected chi connectivity index (χ2v) is 6.59. The first-order valence-electron chi connectivity index (χ1n) is 8.07. The predicted molar refractivity (Wildman–Crippen MR) is 100 cm³/mol. The number of thiophene rings is 1. The summed E-state index contributed by atoms with van der Waals surface area (Å²) in [6.07, 6.45) is 0.406. The quantitative estimate of drug-likeness (QED) is 0.648. The number of hydrogen-bond acceptors (Lipinski definition) is 4. The van der Waals surface area contributed by atoms with Crippen molar-refractivity contribution in [3.8, 4) is 5.75 Å². The van der Waals surface area contributed by atoms with Crippen molar-refractivity contribution in [1.82, 2.24) is 5.32 Å². The Hall–Kier alpha value is -2.66. The molecule has 0 atom stereocenters. The molecule has 0 fully saturated rings. The Balaban J connectivity index is 1.64. The molecular weight excluding hydrogens is 334 g/mol. The minimum atomic E-state index is -0.139. The maximum absolute atomic E-state index is 12.1. The van der Waals surface area contributed by atoms with E-state index in [1.807, 2.05) is 47.8 Å². The van der Waals surface area contributed by atoms with Gasteiger partial charge in [-0.15, -0.1) is 11.3 Å². The maximum atomic E-state index is 12.1. The van der Waals surface area contributed by atoms with Gasteiger partial charge >= 0.3 is 0 Å². The first-order chi connectivity index (χ1) is 12.2. The van der Waals surface area contributed by atoms with E-state index in [0.717, 1.165) is 22.1 Å². The third kappa shape index (κ3) is 4.06. The standard InChI is InChI=1S/C20H19NO3S/c1-24-18-10-8-14-5-2-3-6-15(14)16(18)13-21-20(23)11-9-17(22)19-7-4-12-25-19/h2-8,10,12H,9,11,13H2,1H3,(H,21,23). The van der Waals surface area contributed by atoms with E-state index >= 15 is 0 Å². The van der Waals surface area contributed by atoms with Crippen molar-refractivity contribution in [1.29, 1.82) is 0 Å². The summed E-state index contributed by atoms with van der Waals surface area (Å²) in [6.45, 7) is 0.372. The van der Waals surface area contributed by atoms with Gasteiger partial charge < -0.3 is 10.1 Å². The molecule has 0 bridgehead atoms. The van der Waals surface area contributed by atoms with Crippen LogP contribution in [0.5, 0.6) is 5.75 Å². The van der Waals surface area contributed by atoms with Gasteiger partial charge in [-0.25, -0.2) is 0 Å². The predicted octanol–water partition coefficient (Wildman–Crippen LogP) is 4.19. The van der Waals surface area contributed by atoms with Crippen LogP contribution in [0.3, 0.4) is 0 Å². The molecule has 0 saturated heterocycles. The summed E-state index contributed by atoms with van der Waals surface area (Å²) in [7, 11) is 1.62. The fraction of sp³-hybridized carbons (Fsp3) is 0.200. The first-order valence-corrected chi connectivity index (χ1v) is 8.95. The second kappa shape index (κ2) is 7.94. The van der Waals surface area contributed by atoms with Crippen LogP contribution in [0.4, 0.5) is 0 Å². The van der Waals surface area contributed by atoms with Crippen molar-refractivity contribution in [2.75, 3.05) is 7.11 Å². The molecule has 128 valence electrons. The van der Waals surface area contributed by atoms with Gasteiger partial charge in [-0.3, -0.25) is 9.59 Å². The van der Waals surface area contributed by atoms with Crippen LogP contribution in [-0.4, -0.2) is 18.8 Å². The van der Waals surface area contributed by atoms with Crippen LogP contribution in [-0.2, 0) is 11.3 Å². The van der Waals surface area contributed by atoms with Gasteiger partial charge in [0.2, 0.25) is 5.91 Å². The minimum Gasteiger partial charge on any atom is -0.496 e. The lowest BCUT2D eigenvalue weighted by Gasteiger charge is -2.13. The Kier molecular flexibility index (Phi) is 5.46. The number of methoxy groups -OCH3 is 1. The molecule has 2 aromatic carbocycles. The number of fused-ring (bicyclic) bond motifs is 1. The monoisotopic (exact) mass is 353 g/mol. The van der Waals surface area contributed by atoms with Gasteiger partial charge in [0.15, 0.2) is 5.78 Å². The SMILES string of the molecule is COc1ccc2ccccc2c1CNC(=O)CCC(=O)c1cccs1. The molecule has 1 heterocycles. The summed E-state index contributed by atoms with van der Waals surface area (Å²) >= 11 is 1.40. The van der Waals surface area contributed by atoms with Crippen molar-refractivity contribution in [3.63, 3.8) is 0 Å². The lowest BCUT2D eigenvalue weighted by molar-refractivity contribution is -0.121. The second-order valence-electron chi connectivity index (χ2n) is 5.64. The van der Waals surface area contributed by atoms with E-state index in [1.165, 1.54) is 11.3 Å². The van der Waals surface area contributed by atoms with Gasteiger partial charge in [-0.2, -0.15) is 0 Å². The van der Waals surface area contributed by atoms with Crippen molar-refractivity contribution in [2.45, 2.75) is 19.4 Å². The van der Waals surface area contributed by atoms with E-state index in [2.05, 4.69) is 5.32 Å². The molecule has 3 rings (SSSR count). The van der Waals surface area contributed by atoms with Crippen molar-refractivity contribution >= 4 is 33.8 Å². The van der Waals surface area contributed by atoms with Crippen LogP contribution in [0.15, 0.2) is 53.9 Å². The number of ether oxygens (including phenoxy) is 1. The summed E-state index contributed by atoms with van der Waals surface area (Å²) in [4.78, 5) is 24.8. The number of nitrogens with one attached hydrogen (secondary N) is 1. The van der Waals surface area contributed by atoms with Crippen LogP contribution < -0.4 is 10.1 Å². The molecule has 0 aliphatic carbocycles. The number of benzene rings is 2. The summed E-state index contributed by atoms with van der Waals surface area (Å²) < 4.78 is 5.43.